The normalized spacial score (nSPS) is 12.2. The van der Waals surface area contributed by atoms with E-state index in [0.29, 0.717) is 29.1 Å². The molecule has 0 unspecified atom stereocenters. The van der Waals surface area contributed by atoms with E-state index in [1.165, 1.54) is 53.5 Å². The van der Waals surface area contributed by atoms with Gasteiger partial charge in [-0.2, -0.15) is 31.4 Å². The lowest BCUT2D eigenvalue weighted by molar-refractivity contribution is -0.143. The minimum atomic E-state index is -5.07. The number of aromatic nitrogens is 4. The van der Waals surface area contributed by atoms with Crippen molar-refractivity contribution in [3.8, 4) is 34.3 Å². The van der Waals surface area contributed by atoms with Gasteiger partial charge in [0.15, 0.2) is 17.5 Å². The number of imidazole rings is 1. The van der Waals surface area contributed by atoms with Crippen LogP contribution in [0.5, 0.6) is 11.5 Å². The predicted molar refractivity (Wildman–Crippen MR) is 122 cm³/mol. The molecule has 0 saturated carbocycles. The lowest BCUT2D eigenvalue weighted by atomic mass is 10.1. The average molecular weight is 550 g/mol. The fraction of sp³-hybridized carbons (Fsp3) is 0.115. The van der Waals surface area contributed by atoms with E-state index in [4.69, 9.17) is 4.74 Å². The van der Waals surface area contributed by atoms with Crippen LogP contribution in [0.15, 0.2) is 73.1 Å². The van der Waals surface area contributed by atoms with Crippen LogP contribution < -0.4 is 4.74 Å². The molecule has 0 bridgehead atoms. The van der Waals surface area contributed by atoms with E-state index >= 15 is 0 Å². The van der Waals surface area contributed by atoms with Gasteiger partial charge in [0, 0.05) is 0 Å². The molecule has 0 aromatic heterocycles. The van der Waals surface area contributed by atoms with Crippen LogP contribution >= 0.6 is 0 Å². The first-order valence-electron chi connectivity index (χ1n) is 11.1. The van der Waals surface area contributed by atoms with Crippen molar-refractivity contribution >= 4 is 0 Å². The highest BCUT2D eigenvalue weighted by molar-refractivity contribution is 5.65. The van der Waals surface area contributed by atoms with Crippen molar-refractivity contribution in [2.45, 2.75) is 18.9 Å². The third-order valence-electron chi connectivity index (χ3n) is 5.62. The molecule has 0 aliphatic carbocycles. The summed E-state index contributed by atoms with van der Waals surface area (Å²) >= 11 is 0. The molecule has 39 heavy (non-hydrogen) atoms. The fourth-order valence-corrected chi connectivity index (χ4v) is 3.74. The Morgan fingerprint density at radius 1 is 0.795 bits per heavy atom. The molecule has 13 heteroatoms. The predicted octanol–water partition coefficient (Wildman–Crippen LogP) is 7.60. The van der Waals surface area contributed by atoms with Gasteiger partial charge in [0.1, 0.15) is 22.9 Å². The lowest BCUT2D eigenvalue weighted by Gasteiger charge is -2.16. The van der Waals surface area contributed by atoms with Gasteiger partial charge in [-0.05, 0) is 48.0 Å². The molecule has 2 heterocycles. The van der Waals surface area contributed by atoms with E-state index in [1.807, 2.05) is 0 Å². The molecule has 200 valence electrons. The number of ether oxygens (including phenoxy) is 1. The molecule has 0 saturated heterocycles. The summed E-state index contributed by atoms with van der Waals surface area (Å²) in [6, 6.07) is 10.6. The smallest absolute Gasteiger partial charge is 0.420 e. The summed E-state index contributed by atoms with van der Waals surface area (Å²) in [4.78, 5) is 8.41. The molecule has 0 fully saturated rings. The molecule has 0 radical (unpaired) electrons. The number of halogens is 8. The van der Waals surface area contributed by atoms with E-state index in [2.05, 4.69) is 15.1 Å². The van der Waals surface area contributed by atoms with Crippen LogP contribution in [-0.4, -0.2) is 19.7 Å². The van der Waals surface area contributed by atoms with E-state index < -0.39 is 40.9 Å². The number of rotatable bonds is 5. The summed E-state index contributed by atoms with van der Waals surface area (Å²) in [5.41, 5.74) is -1.73. The quantitative estimate of drug-likeness (QED) is 0.212. The minimum absolute atomic E-state index is 0.00270. The maximum absolute atomic E-state index is 14.1. The van der Waals surface area contributed by atoms with E-state index in [1.54, 1.807) is 0 Å². The number of alkyl halides is 6. The fourth-order valence-electron chi connectivity index (χ4n) is 3.74. The minimum Gasteiger partial charge on any atom is -0.457 e. The third-order valence-corrected chi connectivity index (χ3v) is 5.62. The van der Waals surface area contributed by atoms with Crippen LogP contribution in [0.1, 0.15) is 16.7 Å². The first-order chi connectivity index (χ1) is 18.4. The molecular formula is C26H14F8N4O. The van der Waals surface area contributed by atoms with Crippen molar-refractivity contribution in [1.82, 2.24) is 19.7 Å². The van der Waals surface area contributed by atoms with Gasteiger partial charge in [-0.1, -0.05) is 18.2 Å². The summed E-state index contributed by atoms with van der Waals surface area (Å²) < 4.78 is 113. The largest absolute Gasteiger partial charge is 0.457 e. The number of hydrogen-bond donors (Lipinski definition) is 0. The van der Waals surface area contributed by atoms with Crippen molar-refractivity contribution in [3.63, 3.8) is 0 Å². The summed E-state index contributed by atoms with van der Waals surface area (Å²) in [6.07, 6.45) is -7.09. The third kappa shape index (κ3) is 5.52. The Hall–Kier alpha value is -4.55. The first kappa shape index (κ1) is 26.1. The van der Waals surface area contributed by atoms with Gasteiger partial charge >= 0.3 is 12.4 Å². The van der Waals surface area contributed by atoms with Crippen LogP contribution in [0.4, 0.5) is 35.1 Å². The standard InChI is InChI=1S/C26H14F8N4O/c27-19-3-1-2-17(23(19)28)24-36-20-11-35-38(13-21(20)37-24)12-14-4-7-16(8-5-14)39-22-9-6-15(25(29,30)31)10-18(22)26(32,33)34/h1-11,13H,12H2. The van der Waals surface area contributed by atoms with Crippen LogP contribution in [-0.2, 0) is 18.9 Å². The maximum atomic E-state index is 14.1. The van der Waals surface area contributed by atoms with Crippen LogP contribution in [0, 0.1) is 11.6 Å². The van der Waals surface area contributed by atoms with Crippen molar-refractivity contribution in [1.29, 1.82) is 0 Å². The Kier molecular flexibility index (Phi) is 6.44. The summed E-state index contributed by atoms with van der Waals surface area (Å²) in [5.74, 6) is -2.92. The Morgan fingerprint density at radius 3 is 2.21 bits per heavy atom. The second-order valence-electron chi connectivity index (χ2n) is 8.34. The maximum Gasteiger partial charge on any atom is 0.420 e. The van der Waals surface area contributed by atoms with E-state index in [9.17, 15) is 35.1 Å². The Balaban J connectivity index is 1.34. The molecule has 0 atom stereocenters. The summed E-state index contributed by atoms with van der Waals surface area (Å²) in [7, 11) is 0. The zero-order chi connectivity index (χ0) is 27.9. The SMILES string of the molecule is Fc1cccc(-c2nc3cnn(Cc4ccc(Oc5ccc(C(F)(F)F)cc5C(F)(F)F)cc4)cc-3n2)c1F. The second kappa shape index (κ2) is 9.64. The number of hydrogen-bond acceptors (Lipinski definition) is 4. The number of benzene rings is 3. The number of nitrogens with zero attached hydrogens (tertiary/aromatic N) is 4. The highest BCUT2D eigenvalue weighted by atomic mass is 19.4. The topological polar surface area (TPSA) is 52.8 Å². The number of fused-ring (bicyclic) bond motifs is 1. The average Bonchev–Trinajstić information content (AvgIpc) is 3.29. The zero-order valence-electron chi connectivity index (χ0n) is 19.4. The zero-order valence-corrected chi connectivity index (χ0v) is 19.4. The van der Waals surface area contributed by atoms with Crippen molar-refractivity contribution in [2.24, 2.45) is 0 Å². The van der Waals surface area contributed by atoms with Crippen LogP contribution in [0.25, 0.3) is 22.8 Å². The Labute approximate surface area is 214 Å². The van der Waals surface area contributed by atoms with Crippen LogP contribution in [0.3, 0.4) is 0 Å². The van der Waals surface area contributed by atoms with Gasteiger partial charge < -0.3 is 4.74 Å². The van der Waals surface area contributed by atoms with Gasteiger partial charge in [0.2, 0.25) is 0 Å². The van der Waals surface area contributed by atoms with Crippen molar-refractivity contribution in [3.05, 3.63) is 101 Å². The van der Waals surface area contributed by atoms with Gasteiger partial charge in [-0.3, -0.25) is 4.68 Å². The van der Waals surface area contributed by atoms with Gasteiger partial charge in [-0.15, -0.1) is 0 Å². The van der Waals surface area contributed by atoms with Crippen molar-refractivity contribution < 1.29 is 39.9 Å². The molecule has 3 aromatic rings. The highest BCUT2D eigenvalue weighted by Crippen LogP contribution is 2.41. The van der Waals surface area contributed by atoms with Gasteiger partial charge in [-0.25, -0.2) is 18.7 Å². The van der Waals surface area contributed by atoms with Crippen molar-refractivity contribution in [2.75, 3.05) is 0 Å². The van der Waals surface area contributed by atoms with Gasteiger partial charge in [0.25, 0.3) is 0 Å². The Morgan fingerprint density at radius 2 is 1.51 bits per heavy atom. The van der Waals surface area contributed by atoms with E-state index in [-0.39, 0.29) is 29.7 Å². The molecule has 5 nitrogen and oxygen atoms in total. The molecule has 0 amide bonds. The molecule has 2 aliphatic rings. The molecule has 0 N–H and O–H groups in total. The second-order valence-corrected chi connectivity index (χ2v) is 8.34. The molecule has 3 aromatic carbocycles. The monoisotopic (exact) mass is 550 g/mol. The lowest BCUT2D eigenvalue weighted by Crippen LogP contribution is -2.11. The Bertz CT molecular complexity index is 1610. The molecule has 0 spiro atoms. The summed E-state index contributed by atoms with van der Waals surface area (Å²) in [6.45, 7) is 0.195. The van der Waals surface area contributed by atoms with E-state index in [0.717, 1.165) is 6.07 Å². The summed E-state index contributed by atoms with van der Waals surface area (Å²) in [5, 5.41) is 4.20. The van der Waals surface area contributed by atoms with Crippen LogP contribution in [0.2, 0.25) is 0 Å². The van der Waals surface area contributed by atoms with Gasteiger partial charge in [0.05, 0.1) is 35.6 Å². The molecular weight excluding hydrogens is 536 g/mol. The first-order valence-corrected chi connectivity index (χ1v) is 11.1. The molecule has 2 aliphatic heterocycles. The molecule has 5 rings (SSSR count). The highest BCUT2D eigenvalue weighted by Gasteiger charge is 2.39.